The van der Waals surface area contributed by atoms with Crippen LogP contribution >= 0.6 is 0 Å². The highest BCUT2D eigenvalue weighted by Gasteiger charge is 2.33. The molecule has 0 bridgehead atoms. The molecule has 1 saturated carbocycles. The quantitative estimate of drug-likeness (QED) is 0.753. The van der Waals surface area contributed by atoms with Gasteiger partial charge in [-0.2, -0.15) is 0 Å². The van der Waals surface area contributed by atoms with Gasteiger partial charge < -0.3 is 10.4 Å². The maximum absolute atomic E-state index is 11.5. The van der Waals surface area contributed by atoms with Crippen molar-refractivity contribution in [3.63, 3.8) is 0 Å². The number of ketones is 1. The third-order valence-corrected chi connectivity index (χ3v) is 2.82. The van der Waals surface area contributed by atoms with Crippen LogP contribution in [-0.2, 0) is 11.3 Å². The van der Waals surface area contributed by atoms with E-state index in [-0.39, 0.29) is 11.7 Å². The zero-order valence-corrected chi connectivity index (χ0v) is 9.23. The normalized spacial score (nSPS) is 17.1. The molecule has 0 heterocycles. The molecule has 86 valence electrons. The maximum Gasteiger partial charge on any atom is 0.165 e. The molecular weight excluding hydrogens is 202 g/mol. The molecule has 1 aliphatic rings. The van der Waals surface area contributed by atoms with Crippen molar-refractivity contribution in [1.82, 2.24) is 5.32 Å². The summed E-state index contributed by atoms with van der Waals surface area (Å²) in [6.45, 7) is 1.04. The number of rotatable bonds is 6. The fourth-order valence-corrected chi connectivity index (χ4v) is 1.69. The van der Waals surface area contributed by atoms with Crippen LogP contribution in [0.25, 0.3) is 0 Å². The van der Waals surface area contributed by atoms with Crippen LogP contribution in [0.3, 0.4) is 0 Å². The first-order valence-electron chi connectivity index (χ1n) is 5.74. The smallest absolute Gasteiger partial charge is 0.165 e. The molecule has 1 aromatic carbocycles. The summed E-state index contributed by atoms with van der Waals surface area (Å²) in [6, 6.07) is 9.95. The Labute approximate surface area is 95.5 Å². The van der Waals surface area contributed by atoms with Gasteiger partial charge in [-0.15, -0.1) is 0 Å². The number of carbonyl (C=O) groups excluding carboxylic acids is 1. The molecule has 0 amide bonds. The van der Waals surface area contributed by atoms with Crippen LogP contribution in [0, 0.1) is 5.92 Å². The summed E-state index contributed by atoms with van der Waals surface area (Å²) >= 11 is 0. The van der Waals surface area contributed by atoms with E-state index >= 15 is 0 Å². The molecule has 0 saturated heterocycles. The van der Waals surface area contributed by atoms with Crippen LogP contribution < -0.4 is 5.32 Å². The molecule has 0 aromatic heterocycles. The first-order chi connectivity index (χ1) is 7.77. The summed E-state index contributed by atoms with van der Waals surface area (Å²) < 4.78 is 0. The number of Topliss-reactive ketones (excluding diaryl/α,β-unsaturated/α-hetero) is 1. The number of benzene rings is 1. The van der Waals surface area contributed by atoms with Crippen LogP contribution in [0.1, 0.15) is 18.4 Å². The van der Waals surface area contributed by atoms with Crippen LogP contribution in [0.4, 0.5) is 0 Å². The van der Waals surface area contributed by atoms with E-state index in [1.807, 2.05) is 30.3 Å². The molecule has 0 radical (unpaired) electrons. The van der Waals surface area contributed by atoms with E-state index in [2.05, 4.69) is 5.32 Å². The third-order valence-electron chi connectivity index (χ3n) is 2.82. The van der Waals surface area contributed by atoms with Gasteiger partial charge in [0.2, 0.25) is 0 Å². The zero-order valence-electron chi connectivity index (χ0n) is 9.23. The molecule has 0 spiro atoms. The molecule has 0 aliphatic heterocycles. The Morgan fingerprint density at radius 3 is 2.69 bits per heavy atom. The lowest BCUT2D eigenvalue weighted by molar-refractivity contribution is -0.128. The van der Waals surface area contributed by atoms with E-state index in [9.17, 15) is 9.90 Å². The van der Waals surface area contributed by atoms with Crippen molar-refractivity contribution in [2.24, 2.45) is 5.92 Å². The summed E-state index contributed by atoms with van der Waals surface area (Å²) in [4.78, 5) is 11.5. The number of hydrogen-bond donors (Lipinski definition) is 2. The Bertz CT molecular complexity index is 346. The Hall–Kier alpha value is -1.19. The van der Waals surface area contributed by atoms with Gasteiger partial charge in [-0.1, -0.05) is 30.3 Å². The highest BCUT2D eigenvalue weighted by molar-refractivity contribution is 5.87. The van der Waals surface area contributed by atoms with Gasteiger partial charge in [-0.25, -0.2) is 0 Å². The molecule has 1 unspecified atom stereocenters. The Morgan fingerprint density at radius 1 is 1.38 bits per heavy atom. The van der Waals surface area contributed by atoms with E-state index in [1.165, 1.54) is 0 Å². The van der Waals surface area contributed by atoms with Crippen molar-refractivity contribution in [3.8, 4) is 0 Å². The van der Waals surface area contributed by atoms with Crippen molar-refractivity contribution in [3.05, 3.63) is 35.9 Å². The van der Waals surface area contributed by atoms with E-state index < -0.39 is 6.10 Å². The second kappa shape index (κ2) is 5.23. The van der Waals surface area contributed by atoms with E-state index in [0.717, 1.165) is 18.4 Å². The maximum atomic E-state index is 11.5. The summed E-state index contributed by atoms with van der Waals surface area (Å²) in [5.74, 6) is 0.133. The molecule has 2 rings (SSSR count). The van der Waals surface area contributed by atoms with Crippen molar-refractivity contribution in [2.75, 3.05) is 6.54 Å². The summed E-state index contributed by atoms with van der Waals surface area (Å²) in [6.07, 6.45) is 1.07. The van der Waals surface area contributed by atoms with Gasteiger partial charge in [0.25, 0.3) is 0 Å². The predicted octanol–water partition coefficient (Wildman–Crippen LogP) is 1.12. The Kier molecular flexibility index (Phi) is 3.70. The van der Waals surface area contributed by atoms with Crippen molar-refractivity contribution in [1.29, 1.82) is 0 Å². The number of hydrogen-bond acceptors (Lipinski definition) is 3. The largest absolute Gasteiger partial charge is 0.384 e. The standard InChI is InChI=1S/C13H17NO2/c15-12(13(16)11-6-7-11)9-14-8-10-4-2-1-3-5-10/h1-5,11-12,14-15H,6-9H2. The SMILES string of the molecule is O=C(C(O)CNCc1ccccc1)C1CC1. The van der Waals surface area contributed by atoms with E-state index in [1.54, 1.807) is 0 Å². The van der Waals surface area contributed by atoms with E-state index in [0.29, 0.717) is 13.1 Å². The molecule has 1 aliphatic carbocycles. The van der Waals surface area contributed by atoms with Gasteiger partial charge in [-0.05, 0) is 18.4 Å². The minimum atomic E-state index is -0.837. The number of aliphatic hydroxyl groups excluding tert-OH is 1. The monoisotopic (exact) mass is 219 g/mol. The highest BCUT2D eigenvalue weighted by atomic mass is 16.3. The number of aliphatic hydroxyl groups is 1. The molecule has 1 atom stereocenters. The lowest BCUT2D eigenvalue weighted by atomic mass is 10.1. The molecule has 1 fully saturated rings. The molecular formula is C13H17NO2. The van der Waals surface area contributed by atoms with Gasteiger partial charge in [0, 0.05) is 19.0 Å². The second-order valence-corrected chi connectivity index (χ2v) is 4.31. The minimum absolute atomic E-state index is 0.000520. The van der Waals surface area contributed by atoms with Gasteiger partial charge in [0.15, 0.2) is 5.78 Å². The minimum Gasteiger partial charge on any atom is -0.384 e. The van der Waals surface area contributed by atoms with Crippen molar-refractivity contribution in [2.45, 2.75) is 25.5 Å². The third kappa shape index (κ3) is 3.15. The first-order valence-corrected chi connectivity index (χ1v) is 5.74. The van der Waals surface area contributed by atoms with Gasteiger partial charge in [-0.3, -0.25) is 4.79 Å². The average molecular weight is 219 g/mol. The topological polar surface area (TPSA) is 49.3 Å². The van der Waals surface area contributed by atoms with Gasteiger partial charge >= 0.3 is 0 Å². The fraction of sp³-hybridized carbons (Fsp3) is 0.462. The van der Waals surface area contributed by atoms with Gasteiger partial charge in [0.05, 0.1) is 0 Å². The zero-order chi connectivity index (χ0) is 11.4. The lowest BCUT2D eigenvalue weighted by Crippen LogP contribution is -2.33. The Morgan fingerprint density at radius 2 is 2.06 bits per heavy atom. The summed E-state index contributed by atoms with van der Waals surface area (Å²) in [5.41, 5.74) is 1.16. The highest BCUT2D eigenvalue weighted by Crippen LogP contribution is 2.30. The van der Waals surface area contributed by atoms with Crippen molar-refractivity contribution < 1.29 is 9.90 Å². The van der Waals surface area contributed by atoms with Crippen LogP contribution in [0.5, 0.6) is 0 Å². The number of nitrogens with one attached hydrogen (secondary N) is 1. The van der Waals surface area contributed by atoms with Crippen molar-refractivity contribution >= 4 is 5.78 Å². The fourth-order valence-electron chi connectivity index (χ4n) is 1.69. The molecule has 1 aromatic rings. The van der Waals surface area contributed by atoms with E-state index in [4.69, 9.17) is 0 Å². The molecule has 16 heavy (non-hydrogen) atoms. The predicted molar refractivity (Wildman–Crippen MR) is 61.9 cm³/mol. The molecule has 2 N–H and O–H groups in total. The summed E-state index contributed by atoms with van der Waals surface area (Å²) in [5, 5.41) is 12.7. The first kappa shape index (κ1) is 11.3. The number of carbonyl (C=O) groups is 1. The lowest BCUT2D eigenvalue weighted by Gasteiger charge is -2.10. The molecule has 3 heteroatoms. The van der Waals surface area contributed by atoms with Crippen LogP contribution in [-0.4, -0.2) is 23.5 Å². The summed E-state index contributed by atoms with van der Waals surface area (Å²) in [7, 11) is 0. The van der Waals surface area contributed by atoms with Crippen LogP contribution in [0.15, 0.2) is 30.3 Å². The van der Waals surface area contributed by atoms with Crippen LogP contribution in [0.2, 0.25) is 0 Å². The Balaban J connectivity index is 1.69. The average Bonchev–Trinajstić information content (AvgIpc) is 3.13. The molecule has 3 nitrogen and oxygen atoms in total. The van der Waals surface area contributed by atoms with Gasteiger partial charge in [0.1, 0.15) is 6.10 Å². The second-order valence-electron chi connectivity index (χ2n) is 4.31.